The fraction of sp³-hybridized carbons (Fsp3) is 0.529. The van der Waals surface area contributed by atoms with E-state index in [1.165, 1.54) is 0 Å². The van der Waals surface area contributed by atoms with E-state index in [4.69, 9.17) is 9.57 Å². The highest BCUT2D eigenvalue weighted by atomic mass is 16.7. The molecular formula is C17H25NO4. The number of rotatable bonds is 8. The van der Waals surface area contributed by atoms with Crippen molar-refractivity contribution in [3.63, 3.8) is 0 Å². The van der Waals surface area contributed by atoms with Crippen LogP contribution in [0.3, 0.4) is 0 Å². The Hall–Kier alpha value is -1.88. The molecule has 0 radical (unpaired) electrons. The van der Waals surface area contributed by atoms with Gasteiger partial charge in [0.1, 0.15) is 6.61 Å². The maximum absolute atomic E-state index is 11.6. The van der Waals surface area contributed by atoms with E-state index >= 15 is 0 Å². The zero-order valence-electron chi connectivity index (χ0n) is 13.6. The van der Waals surface area contributed by atoms with Crippen LogP contribution >= 0.6 is 0 Å². The van der Waals surface area contributed by atoms with Crippen molar-refractivity contribution in [1.29, 1.82) is 0 Å². The zero-order valence-corrected chi connectivity index (χ0v) is 13.6. The Morgan fingerprint density at radius 2 is 1.59 bits per heavy atom. The number of carbonyl (C=O) groups is 2. The largest absolute Gasteiger partial charge is 0.461 e. The first kappa shape index (κ1) is 18.2. The molecule has 5 heteroatoms. The summed E-state index contributed by atoms with van der Waals surface area (Å²) in [4.78, 5) is 27.9. The third kappa shape index (κ3) is 9.13. The lowest BCUT2D eigenvalue weighted by Gasteiger charge is -2.19. The van der Waals surface area contributed by atoms with Crippen molar-refractivity contribution in [1.82, 2.24) is 5.48 Å². The van der Waals surface area contributed by atoms with Crippen molar-refractivity contribution >= 4 is 11.9 Å². The van der Waals surface area contributed by atoms with Gasteiger partial charge in [-0.1, -0.05) is 30.3 Å². The van der Waals surface area contributed by atoms with Crippen molar-refractivity contribution < 1.29 is 19.2 Å². The molecule has 0 bridgehead atoms. The minimum Gasteiger partial charge on any atom is -0.461 e. The lowest BCUT2D eigenvalue weighted by Crippen LogP contribution is -2.37. The van der Waals surface area contributed by atoms with Gasteiger partial charge in [-0.05, 0) is 39.2 Å². The second-order valence-electron chi connectivity index (χ2n) is 6.18. The number of unbranched alkanes of at least 4 members (excludes halogenated alkanes) is 1. The van der Waals surface area contributed by atoms with Crippen LogP contribution in [-0.2, 0) is 25.8 Å². The second kappa shape index (κ2) is 9.20. The first-order valence-corrected chi connectivity index (χ1v) is 7.53. The summed E-state index contributed by atoms with van der Waals surface area (Å²) < 4.78 is 5.16. The summed E-state index contributed by atoms with van der Waals surface area (Å²) in [5.41, 5.74) is 3.37. The summed E-state index contributed by atoms with van der Waals surface area (Å²) in [6, 6.07) is 9.54. The van der Waals surface area contributed by atoms with Crippen molar-refractivity contribution in [2.45, 2.75) is 58.6 Å². The van der Waals surface area contributed by atoms with Crippen molar-refractivity contribution in [2.24, 2.45) is 0 Å². The Bertz CT molecular complexity index is 465. The third-order valence-electron chi connectivity index (χ3n) is 2.73. The quantitative estimate of drug-likeness (QED) is 0.454. The molecule has 0 amide bonds. The maximum Gasteiger partial charge on any atom is 0.324 e. The Kier molecular flexibility index (Phi) is 7.60. The average molecular weight is 307 g/mol. The lowest BCUT2D eigenvalue weighted by atomic mass is 10.1. The molecular weight excluding hydrogens is 282 g/mol. The van der Waals surface area contributed by atoms with E-state index in [0.717, 1.165) is 5.56 Å². The van der Waals surface area contributed by atoms with Crippen LogP contribution in [0.2, 0.25) is 0 Å². The standard InChI is InChI=1S/C17H25NO4/c1-17(2,3)18-22-16(20)12-8-7-11-15(19)21-13-14-9-5-4-6-10-14/h4-6,9-10,18H,7-8,11-13H2,1-3H3. The van der Waals surface area contributed by atoms with Gasteiger partial charge in [0.05, 0.1) is 0 Å². The van der Waals surface area contributed by atoms with Gasteiger partial charge >= 0.3 is 11.9 Å². The number of hydroxylamine groups is 1. The summed E-state index contributed by atoms with van der Waals surface area (Å²) in [7, 11) is 0. The Labute approximate surface area is 131 Å². The molecule has 122 valence electrons. The van der Waals surface area contributed by atoms with Crippen LogP contribution in [-0.4, -0.2) is 17.5 Å². The summed E-state index contributed by atoms with van der Waals surface area (Å²) in [5.74, 6) is -0.558. The topological polar surface area (TPSA) is 64.6 Å². The van der Waals surface area contributed by atoms with Crippen LogP contribution < -0.4 is 5.48 Å². The summed E-state index contributed by atoms with van der Waals surface area (Å²) in [6.45, 7) is 6.01. The van der Waals surface area contributed by atoms with Crippen LogP contribution in [0, 0.1) is 0 Å². The van der Waals surface area contributed by atoms with Gasteiger partial charge in [0.2, 0.25) is 0 Å². The molecule has 5 nitrogen and oxygen atoms in total. The predicted octanol–water partition coefficient (Wildman–Crippen LogP) is 3.14. The molecule has 1 rings (SSSR count). The molecule has 1 aromatic carbocycles. The molecule has 0 aliphatic carbocycles. The molecule has 1 N–H and O–H groups in total. The number of carbonyl (C=O) groups excluding carboxylic acids is 2. The van der Waals surface area contributed by atoms with Crippen molar-refractivity contribution in [3.8, 4) is 0 Å². The van der Waals surface area contributed by atoms with Gasteiger partial charge in [0.25, 0.3) is 0 Å². The Morgan fingerprint density at radius 1 is 1.00 bits per heavy atom. The molecule has 0 fully saturated rings. The first-order valence-electron chi connectivity index (χ1n) is 7.53. The highest BCUT2D eigenvalue weighted by molar-refractivity contribution is 5.70. The van der Waals surface area contributed by atoms with Crippen LogP contribution in [0.5, 0.6) is 0 Å². The highest BCUT2D eigenvalue weighted by Gasteiger charge is 2.12. The van der Waals surface area contributed by atoms with Gasteiger partial charge in [-0.15, -0.1) is 5.48 Å². The van der Waals surface area contributed by atoms with Gasteiger partial charge in [0, 0.05) is 18.4 Å². The number of ether oxygens (including phenoxy) is 1. The summed E-state index contributed by atoms with van der Waals surface area (Å²) >= 11 is 0. The molecule has 0 aliphatic rings. The Morgan fingerprint density at radius 3 is 2.18 bits per heavy atom. The number of esters is 1. The first-order chi connectivity index (χ1) is 10.4. The highest BCUT2D eigenvalue weighted by Crippen LogP contribution is 2.06. The van der Waals surface area contributed by atoms with E-state index in [9.17, 15) is 9.59 Å². The number of benzene rings is 1. The van der Waals surface area contributed by atoms with Crippen LogP contribution in [0.4, 0.5) is 0 Å². The molecule has 0 aromatic heterocycles. The second-order valence-corrected chi connectivity index (χ2v) is 6.18. The van der Waals surface area contributed by atoms with Crippen LogP contribution in [0.1, 0.15) is 52.0 Å². The van der Waals surface area contributed by atoms with Crippen LogP contribution in [0.15, 0.2) is 30.3 Å². The molecule has 0 saturated carbocycles. The number of hydrogen-bond donors (Lipinski definition) is 1. The van der Waals surface area contributed by atoms with Gasteiger partial charge in [-0.25, -0.2) is 0 Å². The minimum atomic E-state index is -0.312. The summed E-state index contributed by atoms with van der Waals surface area (Å²) in [5, 5.41) is 0. The molecule has 0 spiro atoms. The van der Waals surface area contributed by atoms with Crippen molar-refractivity contribution in [2.75, 3.05) is 0 Å². The average Bonchev–Trinajstić information content (AvgIpc) is 2.48. The van der Waals surface area contributed by atoms with E-state index in [1.807, 2.05) is 51.1 Å². The van der Waals surface area contributed by atoms with E-state index < -0.39 is 0 Å². The third-order valence-corrected chi connectivity index (χ3v) is 2.73. The SMILES string of the molecule is CC(C)(C)NOC(=O)CCCCC(=O)OCc1ccccc1. The minimum absolute atomic E-state index is 0.245. The number of hydrogen-bond acceptors (Lipinski definition) is 5. The van der Waals surface area contributed by atoms with E-state index in [-0.39, 0.29) is 30.5 Å². The fourth-order valence-corrected chi connectivity index (χ4v) is 1.61. The lowest BCUT2D eigenvalue weighted by molar-refractivity contribution is -0.155. The van der Waals surface area contributed by atoms with E-state index in [1.54, 1.807) is 0 Å². The molecule has 1 aromatic rings. The summed E-state index contributed by atoms with van der Waals surface area (Å²) in [6.07, 6.45) is 1.81. The number of nitrogens with one attached hydrogen (secondary N) is 1. The molecule has 0 aliphatic heterocycles. The fourth-order valence-electron chi connectivity index (χ4n) is 1.61. The molecule has 0 saturated heterocycles. The normalized spacial score (nSPS) is 11.0. The molecule has 0 unspecified atom stereocenters. The molecule has 0 heterocycles. The van der Waals surface area contributed by atoms with Gasteiger partial charge in [0.15, 0.2) is 0 Å². The molecule has 0 atom stereocenters. The van der Waals surface area contributed by atoms with Crippen molar-refractivity contribution in [3.05, 3.63) is 35.9 Å². The monoisotopic (exact) mass is 307 g/mol. The smallest absolute Gasteiger partial charge is 0.324 e. The van der Waals surface area contributed by atoms with Crippen LogP contribution in [0.25, 0.3) is 0 Å². The predicted molar refractivity (Wildman–Crippen MR) is 83.7 cm³/mol. The van der Waals surface area contributed by atoms with Gasteiger partial charge in [-0.2, -0.15) is 0 Å². The molecule has 22 heavy (non-hydrogen) atoms. The maximum atomic E-state index is 11.6. The van der Waals surface area contributed by atoms with Gasteiger partial charge in [-0.3, -0.25) is 9.59 Å². The van der Waals surface area contributed by atoms with E-state index in [0.29, 0.717) is 19.3 Å². The van der Waals surface area contributed by atoms with Gasteiger partial charge < -0.3 is 9.57 Å². The Balaban J connectivity index is 2.06. The zero-order chi connectivity index (χ0) is 16.4. The van der Waals surface area contributed by atoms with E-state index in [2.05, 4.69) is 5.48 Å².